The largest absolute Gasteiger partial charge is 0.303 e. The SMILES string of the molecule is O=CCCCCCn1nc2c(-c3ccccc3)ccc(-c3ccccc3)c2n1. The van der Waals surface area contributed by atoms with E-state index in [0.29, 0.717) is 6.42 Å². The Bertz CT molecular complexity index is 979. The number of aldehydes is 1. The first-order valence-corrected chi connectivity index (χ1v) is 9.79. The van der Waals surface area contributed by atoms with E-state index in [4.69, 9.17) is 10.2 Å². The van der Waals surface area contributed by atoms with Gasteiger partial charge in [0.2, 0.25) is 0 Å². The highest BCUT2D eigenvalue weighted by atomic mass is 16.1. The average molecular weight is 369 g/mol. The van der Waals surface area contributed by atoms with Gasteiger partial charge in [0.1, 0.15) is 17.3 Å². The molecular formula is C24H23N3O. The Hall–Kier alpha value is -3.27. The van der Waals surface area contributed by atoms with Crippen LogP contribution in [-0.2, 0) is 11.3 Å². The van der Waals surface area contributed by atoms with Gasteiger partial charge in [-0.25, -0.2) is 0 Å². The highest BCUT2D eigenvalue weighted by molar-refractivity contribution is 6.00. The van der Waals surface area contributed by atoms with E-state index in [-0.39, 0.29) is 0 Å². The first-order chi connectivity index (χ1) is 13.9. The Balaban J connectivity index is 1.74. The van der Waals surface area contributed by atoms with Crippen molar-refractivity contribution in [3.8, 4) is 22.3 Å². The zero-order valence-corrected chi connectivity index (χ0v) is 15.8. The summed E-state index contributed by atoms with van der Waals surface area (Å²) in [4.78, 5) is 12.3. The molecule has 4 rings (SSSR count). The van der Waals surface area contributed by atoms with Crippen LogP contribution >= 0.6 is 0 Å². The Kier molecular flexibility index (Phi) is 5.57. The summed E-state index contributed by atoms with van der Waals surface area (Å²) >= 11 is 0. The van der Waals surface area contributed by atoms with Gasteiger partial charge in [-0.15, -0.1) is 0 Å². The van der Waals surface area contributed by atoms with Crippen molar-refractivity contribution in [2.45, 2.75) is 32.2 Å². The fourth-order valence-corrected chi connectivity index (χ4v) is 3.49. The lowest BCUT2D eigenvalue weighted by Gasteiger charge is -2.06. The molecule has 0 aliphatic carbocycles. The number of nitrogens with zero attached hydrogens (tertiary/aromatic N) is 3. The summed E-state index contributed by atoms with van der Waals surface area (Å²) in [5.41, 5.74) is 6.35. The van der Waals surface area contributed by atoms with Gasteiger partial charge in [0.05, 0.1) is 6.54 Å². The van der Waals surface area contributed by atoms with Crippen molar-refractivity contribution in [1.82, 2.24) is 15.0 Å². The smallest absolute Gasteiger partial charge is 0.121 e. The third kappa shape index (κ3) is 3.86. The number of hydrogen-bond donors (Lipinski definition) is 0. The van der Waals surface area contributed by atoms with E-state index < -0.39 is 0 Å². The molecule has 28 heavy (non-hydrogen) atoms. The molecule has 0 saturated carbocycles. The zero-order chi connectivity index (χ0) is 19.2. The van der Waals surface area contributed by atoms with Gasteiger partial charge in [-0.3, -0.25) is 0 Å². The molecule has 4 aromatic rings. The zero-order valence-electron chi connectivity index (χ0n) is 15.8. The standard InChI is InChI=1S/C24H23N3O/c28-18-10-2-1-9-17-27-25-23-21(19-11-5-3-6-12-19)15-16-22(24(23)26-27)20-13-7-4-8-14-20/h3-8,11-16,18H,1-2,9-10,17H2. The first kappa shape index (κ1) is 18.1. The number of aryl methyl sites for hydroxylation is 1. The molecule has 0 unspecified atom stereocenters. The fourth-order valence-electron chi connectivity index (χ4n) is 3.49. The summed E-state index contributed by atoms with van der Waals surface area (Å²) in [7, 11) is 0. The predicted molar refractivity (Wildman–Crippen MR) is 113 cm³/mol. The lowest BCUT2D eigenvalue weighted by molar-refractivity contribution is -0.107. The minimum absolute atomic E-state index is 0.630. The summed E-state index contributed by atoms with van der Waals surface area (Å²) in [5, 5.41) is 9.66. The molecule has 0 radical (unpaired) electrons. The molecule has 4 nitrogen and oxygen atoms in total. The molecule has 4 heteroatoms. The Morgan fingerprint density at radius 1 is 0.679 bits per heavy atom. The molecule has 0 spiro atoms. The summed E-state index contributed by atoms with van der Waals surface area (Å²) < 4.78 is 0. The Morgan fingerprint density at radius 3 is 1.71 bits per heavy atom. The van der Waals surface area contributed by atoms with Gasteiger partial charge in [-0.2, -0.15) is 15.0 Å². The van der Waals surface area contributed by atoms with Crippen LogP contribution in [0.4, 0.5) is 0 Å². The Labute approximate surface area is 164 Å². The summed E-state index contributed by atoms with van der Waals surface area (Å²) in [6, 6.07) is 24.9. The number of fused-ring (bicyclic) bond motifs is 1. The van der Waals surface area contributed by atoms with Gasteiger partial charge in [0, 0.05) is 17.5 Å². The van der Waals surface area contributed by atoms with E-state index in [0.717, 1.165) is 65.4 Å². The summed E-state index contributed by atoms with van der Waals surface area (Å²) in [5.74, 6) is 0. The lowest BCUT2D eigenvalue weighted by atomic mass is 9.98. The highest BCUT2D eigenvalue weighted by Crippen LogP contribution is 2.33. The molecule has 0 N–H and O–H groups in total. The number of carbonyl (C=O) groups excluding carboxylic acids is 1. The second kappa shape index (κ2) is 8.61. The molecule has 0 bridgehead atoms. The molecule has 0 aliphatic rings. The molecule has 140 valence electrons. The minimum atomic E-state index is 0.630. The monoisotopic (exact) mass is 369 g/mol. The molecule has 0 saturated heterocycles. The minimum Gasteiger partial charge on any atom is -0.303 e. The van der Waals surface area contributed by atoms with Gasteiger partial charge in [-0.05, 0) is 24.0 Å². The van der Waals surface area contributed by atoms with Crippen LogP contribution in [0.3, 0.4) is 0 Å². The summed E-state index contributed by atoms with van der Waals surface area (Å²) in [6.45, 7) is 0.760. The maximum atomic E-state index is 10.5. The van der Waals surface area contributed by atoms with Gasteiger partial charge in [-0.1, -0.05) is 79.2 Å². The fraction of sp³-hybridized carbons (Fsp3) is 0.208. The number of carbonyl (C=O) groups is 1. The van der Waals surface area contributed by atoms with Crippen LogP contribution in [-0.4, -0.2) is 21.3 Å². The van der Waals surface area contributed by atoms with E-state index >= 15 is 0 Å². The van der Waals surface area contributed by atoms with Crippen LogP contribution in [0.15, 0.2) is 72.8 Å². The maximum absolute atomic E-state index is 10.5. The quantitative estimate of drug-likeness (QED) is 0.303. The van der Waals surface area contributed by atoms with Crippen molar-refractivity contribution in [2.24, 2.45) is 0 Å². The average Bonchev–Trinajstić information content (AvgIpc) is 3.18. The first-order valence-electron chi connectivity index (χ1n) is 9.79. The maximum Gasteiger partial charge on any atom is 0.121 e. The number of aromatic nitrogens is 3. The lowest BCUT2D eigenvalue weighted by Crippen LogP contribution is -2.02. The van der Waals surface area contributed by atoms with E-state index in [2.05, 4.69) is 36.4 Å². The van der Waals surface area contributed by atoms with E-state index in [1.165, 1.54) is 0 Å². The van der Waals surface area contributed by atoms with E-state index in [1.54, 1.807) is 0 Å². The van der Waals surface area contributed by atoms with Gasteiger partial charge >= 0.3 is 0 Å². The molecule has 0 atom stereocenters. The molecule has 0 amide bonds. The second-order valence-electron chi connectivity index (χ2n) is 6.90. The number of unbranched alkanes of at least 4 members (excludes halogenated alkanes) is 3. The van der Waals surface area contributed by atoms with Crippen LogP contribution in [0.5, 0.6) is 0 Å². The van der Waals surface area contributed by atoms with Crippen LogP contribution in [0.2, 0.25) is 0 Å². The van der Waals surface area contributed by atoms with Crippen LogP contribution in [0, 0.1) is 0 Å². The molecule has 0 fully saturated rings. The van der Waals surface area contributed by atoms with Crippen molar-refractivity contribution in [1.29, 1.82) is 0 Å². The third-order valence-corrected chi connectivity index (χ3v) is 4.93. The number of benzene rings is 3. The molecule has 0 aliphatic heterocycles. The van der Waals surface area contributed by atoms with Crippen molar-refractivity contribution in [3.05, 3.63) is 72.8 Å². The molecule has 1 heterocycles. The Morgan fingerprint density at radius 2 is 1.21 bits per heavy atom. The molecule has 1 aromatic heterocycles. The van der Waals surface area contributed by atoms with Crippen LogP contribution in [0.1, 0.15) is 25.7 Å². The topological polar surface area (TPSA) is 47.8 Å². The molecular weight excluding hydrogens is 346 g/mol. The summed E-state index contributed by atoms with van der Waals surface area (Å²) in [6.07, 6.45) is 4.52. The highest BCUT2D eigenvalue weighted by Gasteiger charge is 2.14. The third-order valence-electron chi connectivity index (χ3n) is 4.93. The number of rotatable bonds is 8. The van der Waals surface area contributed by atoms with Gasteiger partial charge in [0.25, 0.3) is 0 Å². The van der Waals surface area contributed by atoms with Gasteiger partial charge < -0.3 is 4.79 Å². The predicted octanol–water partition coefficient (Wildman–Crippen LogP) is 5.52. The van der Waals surface area contributed by atoms with E-state index in [9.17, 15) is 4.79 Å². The molecule has 3 aromatic carbocycles. The van der Waals surface area contributed by atoms with Crippen LogP contribution < -0.4 is 0 Å². The second-order valence-corrected chi connectivity index (χ2v) is 6.90. The van der Waals surface area contributed by atoms with Crippen molar-refractivity contribution in [2.75, 3.05) is 0 Å². The van der Waals surface area contributed by atoms with E-state index in [1.807, 2.05) is 41.2 Å². The van der Waals surface area contributed by atoms with Gasteiger partial charge in [0.15, 0.2) is 0 Å². The number of hydrogen-bond acceptors (Lipinski definition) is 3. The van der Waals surface area contributed by atoms with Crippen molar-refractivity contribution in [3.63, 3.8) is 0 Å². The normalized spacial score (nSPS) is 11.0. The van der Waals surface area contributed by atoms with Crippen LogP contribution in [0.25, 0.3) is 33.3 Å². The van der Waals surface area contributed by atoms with Crippen molar-refractivity contribution >= 4 is 17.3 Å². The van der Waals surface area contributed by atoms with Crippen molar-refractivity contribution < 1.29 is 4.79 Å².